The average molecular weight is 370 g/mol. The molecule has 27 heavy (non-hydrogen) atoms. The van der Waals surface area contributed by atoms with E-state index in [2.05, 4.69) is 6.92 Å². The number of fused-ring (bicyclic) bond motifs is 3. The Morgan fingerprint density at radius 1 is 0.926 bits per heavy atom. The van der Waals surface area contributed by atoms with Crippen LogP contribution in [0.5, 0.6) is 0 Å². The molecule has 144 valence electrons. The molecule has 5 nitrogen and oxygen atoms in total. The van der Waals surface area contributed by atoms with Crippen molar-refractivity contribution in [1.29, 1.82) is 0 Å². The van der Waals surface area contributed by atoms with Gasteiger partial charge in [0.1, 0.15) is 5.78 Å². The summed E-state index contributed by atoms with van der Waals surface area (Å²) >= 11 is 0. The molecule has 1 heterocycles. The lowest BCUT2D eigenvalue weighted by molar-refractivity contribution is -0.215. The van der Waals surface area contributed by atoms with Crippen LogP contribution in [0.4, 0.5) is 0 Å². The van der Waals surface area contributed by atoms with Gasteiger partial charge in [0.25, 0.3) is 0 Å². The zero-order valence-electron chi connectivity index (χ0n) is 16.0. The Morgan fingerprint density at radius 2 is 1.67 bits per heavy atom. The van der Waals surface area contributed by atoms with E-state index in [1.807, 2.05) is 6.92 Å². The summed E-state index contributed by atoms with van der Waals surface area (Å²) in [5.41, 5.74) is 1.10. The van der Waals surface area contributed by atoms with Gasteiger partial charge in [-0.3, -0.25) is 14.4 Å². The first kappa shape index (κ1) is 17.5. The SMILES string of the molecule is CC12CCC(=O)C=C1CC(C1CC3(C)C(=CC1=O)CCC31OCCO1)C2=O. The van der Waals surface area contributed by atoms with Crippen molar-refractivity contribution in [3.8, 4) is 0 Å². The van der Waals surface area contributed by atoms with E-state index in [0.29, 0.717) is 38.9 Å². The summed E-state index contributed by atoms with van der Waals surface area (Å²) < 4.78 is 12.1. The van der Waals surface area contributed by atoms with E-state index in [0.717, 1.165) is 24.0 Å². The molecule has 2 saturated carbocycles. The molecule has 1 aliphatic heterocycles. The second-order valence-electron chi connectivity index (χ2n) is 9.31. The molecule has 5 aliphatic rings. The molecule has 0 aromatic heterocycles. The number of hydrogen-bond acceptors (Lipinski definition) is 5. The summed E-state index contributed by atoms with van der Waals surface area (Å²) in [5, 5.41) is 0. The molecule has 4 atom stereocenters. The number of rotatable bonds is 1. The summed E-state index contributed by atoms with van der Waals surface area (Å²) in [6.45, 7) is 5.24. The van der Waals surface area contributed by atoms with E-state index in [4.69, 9.17) is 9.47 Å². The van der Waals surface area contributed by atoms with Crippen molar-refractivity contribution in [1.82, 2.24) is 0 Å². The van der Waals surface area contributed by atoms with Gasteiger partial charge >= 0.3 is 0 Å². The molecule has 3 fully saturated rings. The third kappa shape index (κ3) is 2.16. The maximum Gasteiger partial charge on any atom is 0.177 e. The standard InChI is InChI=1S/C22H26O5/c1-20-5-4-15(23)9-14(20)10-16(19(20)25)17-12-21(2)13(11-18(17)24)3-6-22(21)26-7-8-27-22/h9,11,16-17H,3-8,10,12H2,1-2H3. The number of allylic oxidation sites excluding steroid dienone is 3. The van der Waals surface area contributed by atoms with E-state index in [-0.39, 0.29) is 34.6 Å². The van der Waals surface area contributed by atoms with Crippen LogP contribution >= 0.6 is 0 Å². The van der Waals surface area contributed by atoms with Gasteiger partial charge in [0, 0.05) is 35.5 Å². The second kappa shape index (κ2) is 5.48. The predicted octanol–water partition coefficient (Wildman–Crippen LogP) is 2.93. The highest BCUT2D eigenvalue weighted by molar-refractivity contribution is 6.04. The first-order valence-electron chi connectivity index (χ1n) is 10.1. The summed E-state index contributed by atoms with van der Waals surface area (Å²) in [7, 11) is 0. The monoisotopic (exact) mass is 370 g/mol. The lowest BCUT2D eigenvalue weighted by atomic mass is 9.64. The molecule has 0 radical (unpaired) electrons. The topological polar surface area (TPSA) is 69.7 Å². The molecule has 0 aromatic rings. The Balaban J connectivity index is 1.50. The quantitative estimate of drug-likeness (QED) is 0.710. The lowest BCUT2D eigenvalue weighted by Crippen LogP contribution is -2.49. The maximum absolute atomic E-state index is 13.3. The van der Waals surface area contributed by atoms with Gasteiger partial charge in [-0.25, -0.2) is 0 Å². The van der Waals surface area contributed by atoms with Crippen LogP contribution in [0.3, 0.4) is 0 Å². The van der Waals surface area contributed by atoms with Crippen molar-refractivity contribution in [3.05, 3.63) is 23.3 Å². The molecule has 4 aliphatic carbocycles. The molecular formula is C22H26O5. The van der Waals surface area contributed by atoms with Crippen LogP contribution in [0, 0.1) is 22.7 Å². The molecule has 0 amide bonds. The number of ether oxygens (including phenoxy) is 2. The Bertz CT molecular complexity index is 815. The first-order valence-corrected chi connectivity index (χ1v) is 10.1. The van der Waals surface area contributed by atoms with Gasteiger partial charge in [-0.05, 0) is 44.8 Å². The van der Waals surface area contributed by atoms with Crippen LogP contribution in [0.1, 0.15) is 52.4 Å². The molecule has 5 heteroatoms. The zero-order chi connectivity index (χ0) is 19.0. The van der Waals surface area contributed by atoms with Crippen LogP contribution in [-0.4, -0.2) is 36.4 Å². The molecule has 0 aromatic carbocycles. The van der Waals surface area contributed by atoms with Crippen LogP contribution < -0.4 is 0 Å². The minimum Gasteiger partial charge on any atom is -0.347 e. The Hall–Kier alpha value is -1.59. The second-order valence-corrected chi connectivity index (χ2v) is 9.31. The van der Waals surface area contributed by atoms with Gasteiger partial charge in [0.15, 0.2) is 17.4 Å². The minimum absolute atomic E-state index is 0.0602. The van der Waals surface area contributed by atoms with Crippen molar-refractivity contribution in [2.75, 3.05) is 13.2 Å². The van der Waals surface area contributed by atoms with Crippen molar-refractivity contribution in [3.63, 3.8) is 0 Å². The predicted molar refractivity (Wildman–Crippen MR) is 96.7 cm³/mol. The number of Topliss-reactive ketones (excluding diaryl/α,β-unsaturated/α-hetero) is 1. The van der Waals surface area contributed by atoms with Crippen LogP contribution in [0.15, 0.2) is 23.3 Å². The van der Waals surface area contributed by atoms with Crippen molar-refractivity contribution >= 4 is 17.3 Å². The molecule has 1 saturated heterocycles. The molecule has 1 spiro atoms. The fourth-order valence-corrected chi connectivity index (χ4v) is 6.28. The fraction of sp³-hybridized carbons (Fsp3) is 0.682. The van der Waals surface area contributed by atoms with Crippen molar-refractivity contribution in [2.45, 2.75) is 58.2 Å². The lowest BCUT2D eigenvalue weighted by Gasteiger charge is -2.44. The number of ketones is 3. The van der Waals surface area contributed by atoms with E-state index >= 15 is 0 Å². The normalized spacial score (nSPS) is 43.0. The molecule has 0 bridgehead atoms. The molecule has 4 unspecified atom stereocenters. The average Bonchev–Trinajstić information content (AvgIpc) is 3.29. The zero-order valence-corrected chi connectivity index (χ0v) is 16.0. The third-order valence-corrected chi connectivity index (χ3v) is 8.06. The van der Waals surface area contributed by atoms with Gasteiger partial charge in [-0.2, -0.15) is 0 Å². The van der Waals surface area contributed by atoms with Gasteiger partial charge < -0.3 is 9.47 Å². The Kier molecular flexibility index (Phi) is 3.55. The summed E-state index contributed by atoms with van der Waals surface area (Å²) in [5.74, 6) is -1.04. The highest BCUT2D eigenvalue weighted by Gasteiger charge is 2.63. The number of hydrogen-bond donors (Lipinski definition) is 0. The summed E-state index contributed by atoms with van der Waals surface area (Å²) in [4.78, 5) is 38.2. The minimum atomic E-state index is -0.647. The fourth-order valence-electron chi connectivity index (χ4n) is 6.28. The van der Waals surface area contributed by atoms with Crippen LogP contribution in [0.25, 0.3) is 0 Å². The van der Waals surface area contributed by atoms with E-state index in [1.165, 1.54) is 0 Å². The third-order valence-electron chi connectivity index (χ3n) is 8.06. The summed E-state index contributed by atoms with van der Waals surface area (Å²) in [6.07, 6.45) is 7.13. The number of carbonyl (C=O) groups is 3. The molecule has 5 rings (SSSR count). The van der Waals surface area contributed by atoms with Gasteiger partial charge in [0.2, 0.25) is 0 Å². The van der Waals surface area contributed by atoms with Crippen LogP contribution in [0.2, 0.25) is 0 Å². The van der Waals surface area contributed by atoms with Crippen molar-refractivity contribution < 1.29 is 23.9 Å². The maximum atomic E-state index is 13.3. The van der Waals surface area contributed by atoms with E-state index in [9.17, 15) is 14.4 Å². The molecular weight excluding hydrogens is 344 g/mol. The van der Waals surface area contributed by atoms with E-state index in [1.54, 1.807) is 12.2 Å². The highest BCUT2D eigenvalue weighted by atomic mass is 16.7. The summed E-state index contributed by atoms with van der Waals surface area (Å²) in [6, 6.07) is 0. The Labute approximate surface area is 159 Å². The smallest absolute Gasteiger partial charge is 0.177 e. The van der Waals surface area contributed by atoms with Crippen molar-refractivity contribution in [2.24, 2.45) is 22.7 Å². The van der Waals surface area contributed by atoms with Crippen LogP contribution in [-0.2, 0) is 23.9 Å². The highest BCUT2D eigenvalue weighted by Crippen LogP contribution is 2.61. The largest absolute Gasteiger partial charge is 0.347 e. The van der Waals surface area contributed by atoms with Gasteiger partial charge in [-0.1, -0.05) is 18.1 Å². The van der Waals surface area contributed by atoms with Gasteiger partial charge in [0.05, 0.1) is 13.2 Å². The van der Waals surface area contributed by atoms with Gasteiger partial charge in [-0.15, -0.1) is 0 Å². The number of carbonyl (C=O) groups excluding carboxylic acids is 3. The Morgan fingerprint density at radius 3 is 2.41 bits per heavy atom. The first-order chi connectivity index (χ1) is 12.8. The van der Waals surface area contributed by atoms with E-state index < -0.39 is 11.2 Å². The molecule has 0 N–H and O–H groups in total.